The maximum absolute atomic E-state index is 13.3. The summed E-state index contributed by atoms with van der Waals surface area (Å²) in [7, 11) is 1.72. The summed E-state index contributed by atoms with van der Waals surface area (Å²) in [6.45, 7) is 3.52. The number of nitrogens with zero attached hydrogens (tertiary/aromatic N) is 2. The van der Waals surface area contributed by atoms with E-state index in [-0.39, 0.29) is 31.9 Å². The normalized spacial score (nSPS) is 18.2. The van der Waals surface area contributed by atoms with Crippen LogP contribution in [0.15, 0.2) is 41.5 Å². The topological polar surface area (TPSA) is 62.1 Å². The van der Waals surface area contributed by atoms with Crippen LogP contribution < -0.4 is 4.74 Å². The molecule has 1 aromatic rings. The van der Waals surface area contributed by atoms with Crippen LogP contribution in [-0.2, 0) is 4.79 Å². The Kier molecular flexibility index (Phi) is 7.47. The van der Waals surface area contributed by atoms with Gasteiger partial charge in [-0.1, -0.05) is 12.1 Å². The van der Waals surface area contributed by atoms with Crippen molar-refractivity contribution in [2.24, 2.45) is 4.99 Å². The number of alkyl halides is 2. The van der Waals surface area contributed by atoms with Crippen LogP contribution in [0.5, 0.6) is 5.75 Å². The summed E-state index contributed by atoms with van der Waals surface area (Å²) in [4.78, 5) is 15.9. The van der Waals surface area contributed by atoms with Gasteiger partial charge in [0.05, 0.1) is 0 Å². The zero-order valence-corrected chi connectivity index (χ0v) is 15.5. The van der Waals surface area contributed by atoms with Gasteiger partial charge in [-0.05, 0) is 43.2 Å². The third kappa shape index (κ3) is 7.09. The molecule has 27 heavy (non-hydrogen) atoms. The predicted octanol–water partition coefficient (Wildman–Crippen LogP) is 3.39. The fraction of sp³-hybridized carbons (Fsp3) is 0.500. The summed E-state index contributed by atoms with van der Waals surface area (Å²) in [6, 6.07) is 7.40. The minimum Gasteiger partial charge on any atom is -0.491 e. The summed E-state index contributed by atoms with van der Waals surface area (Å²) >= 11 is 0. The fourth-order valence-corrected chi connectivity index (χ4v) is 3.09. The van der Waals surface area contributed by atoms with Gasteiger partial charge in [-0.2, -0.15) is 0 Å². The van der Waals surface area contributed by atoms with Gasteiger partial charge in [0.15, 0.2) is 0 Å². The zero-order valence-electron chi connectivity index (χ0n) is 15.5. The van der Waals surface area contributed by atoms with Gasteiger partial charge in [0.1, 0.15) is 18.5 Å². The second kappa shape index (κ2) is 9.60. The van der Waals surface area contributed by atoms with Crippen molar-refractivity contribution in [2.75, 3.05) is 20.2 Å². The average molecular weight is 380 g/mol. The molecule has 7 heteroatoms. The monoisotopic (exact) mass is 380 g/mol. The molecule has 1 amide bonds. The second-order valence-corrected chi connectivity index (χ2v) is 6.92. The van der Waals surface area contributed by atoms with E-state index < -0.39 is 17.9 Å². The van der Waals surface area contributed by atoms with Crippen LogP contribution in [0, 0.1) is 0 Å². The third-order valence-corrected chi connectivity index (χ3v) is 4.64. The van der Waals surface area contributed by atoms with Crippen LogP contribution in [-0.4, -0.2) is 54.9 Å². The summed E-state index contributed by atoms with van der Waals surface area (Å²) in [5.41, 5.74) is 1.05. The van der Waals surface area contributed by atoms with E-state index in [4.69, 9.17) is 4.74 Å². The molecule has 1 aromatic carbocycles. The van der Waals surface area contributed by atoms with Crippen molar-refractivity contribution < 1.29 is 23.4 Å². The highest BCUT2D eigenvalue weighted by atomic mass is 19.3. The summed E-state index contributed by atoms with van der Waals surface area (Å²) in [5.74, 6) is -2.19. The van der Waals surface area contributed by atoms with Gasteiger partial charge < -0.3 is 14.7 Å². The van der Waals surface area contributed by atoms with Gasteiger partial charge in [0, 0.05) is 38.7 Å². The highest BCUT2D eigenvalue weighted by Crippen LogP contribution is 2.41. The number of hydrogen-bond acceptors (Lipinski definition) is 4. The molecule has 5 nitrogen and oxygen atoms in total. The molecule has 1 aliphatic rings. The summed E-state index contributed by atoms with van der Waals surface area (Å²) in [6.07, 6.45) is 2.91. The van der Waals surface area contributed by atoms with Crippen LogP contribution in [0.2, 0.25) is 0 Å². The number of aliphatic hydroxyl groups is 1. The summed E-state index contributed by atoms with van der Waals surface area (Å²) in [5, 5.41) is 10.0. The molecule has 0 spiro atoms. The van der Waals surface area contributed by atoms with Crippen molar-refractivity contribution in [3.05, 3.63) is 42.1 Å². The van der Waals surface area contributed by atoms with Crippen LogP contribution in [0.25, 0.3) is 0 Å². The number of amides is 1. The van der Waals surface area contributed by atoms with Crippen LogP contribution >= 0.6 is 0 Å². The highest BCUT2D eigenvalue weighted by Gasteiger charge is 2.35. The van der Waals surface area contributed by atoms with Crippen molar-refractivity contribution >= 4 is 12.6 Å². The number of hydrogen-bond donors (Lipinski definition) is 1. The van der Waals surface area contributed by atoms with Gasteiger partial charge in [-0.15, -0.1) is 0 Å². The van der Waals surface area contributed by atoms with Crippen molar-refractivity contribution in [2.45, 2.75) is 43.6 Å². The SMILES string of the molecule is C=NC(=O)/C=C\N(C)C[C@H](O)COc1ccc(C2CCC(F)(F)CC2)cc1. The standard InChI is InChI=1S/C20H26F2N2O3/c1-23-19(26)9-12-24(2)13-17(25)14-27-18-5-3-15(4-6-18)16-7-10-20(21,22)11-8-16/h3-6,9,12,16-17,25H,1,7-8,10-11,13-14H2,2H3/b12-9-/t17-/m0/s1. The number of halogens is 2. The number of aliphatic hydroxyl groups excluding tert-OH is 1. The van der Waals surface area contributed by atoms with E-state index in [0.717, 1.165) is 5.56 Å². The number of rotatable bonds is 8. The summed E-state index contributed by atoms with van der Waals surface area (Å²) < 4.78 is 32.1. The number of benzene rings is 1. The first-order chi connectivity index (χ1) is 12.8. The fourth-order valence-electron chi connectivity index (χ4n) is 3.09. The lowest BCUT2D eigenvalue weighted by molar-refractivity contribution is -0.113. The van der Waals surface area contributed by atoms with Crippen LogP contribution in [0.3, 0.4) is 0 Å². The van der Waals surface area contributed by atoms with E-state index >= 15 is 0 Å². The maximum atomic E-state index is 13.3. The number of ether oxygens (including phenoxy) is 1. The lowest BCUT2D eigenvalue weighted by Gasteiger charge is -2.28. The molecule has 1 N–H and O–H groups in total. The number of likely N-dealkylation sites (N-methyl/N-ethyl adjacent to an activating group) is 1. The minimum atomic E-state index is -2.52. The molecule has 1 aliphatic carbocycles. The predicted molar refractivity (Wildman–Crippen MR) is 100 cm³/mol. The van der Waals surface area contributed by atoms with Crippen molar-refractivity contribution in [1.29, 1.82) is 0 Å². The molecule has 0 radical (unpaired) electrons. The molecule has 1 fully saturated rings. The second-order valence-electron chi connectivity index (χ2n) is 6.92. The van der Waals surface area contributed by atoms with E-state index in [1.54, 1.807) is 24.1 Å². The first-order valence-corrected chi connectivity index (χ1v) is 8.97. The van der Waals surface area contributed by atoms with Crippen molar-refractivity contribution in [3.8, 4) is 5.75 Å². The largest absolute Gasteiger partial charge is 0.491 e. The molecule has 0 aromatic heterocycles. The molecule has 0 unspecified atom stereocenters. The molecule has 0 bridgehead atoms. The molecule has 1 atom stereocenters. The Balaban J connectivity index is 1.77. The molecular formula is C20H26F2N2O3. The zero-order chi connectivity index (χ0) is 19.9. The Hall–Kier alpha value is -2.28. The Labute approximate surface area is 158 Å². The molecular weight excluding hydrogens is 354 g/mol. The van der Waals surface area contributed by atoms with Gasteiger partial charge in [0.25, 0.3) is 5.91 Å². The van der Waals surface area contributed by atoms with Crippen molar-refractivity contribution in [3.63, 3.8) is 0 Å². The third-order valence-electron chi connectivity index (χ3n) is 4.64. The number of carbonyl (C=O) groups excluding carboxylic acids is 1. The Morgan fingerprint density at radius 2 is 2.04 bits per heavy atom. The van der Waals surface area contributed by atoms with Gasteiger partial charge >= 0.3 is 0 Å². The van der Waals surface area contributed by atoms with E-state index in [1.165, 1.54) is 12.3 Å². The Bertz CT molecular complexity index is 652. The van der Waals surface area contributed by atoms with Crippen LogP contribution in [0.1, 0.15) is 37.2 Å². The quantitative estimate of drug-likeness (QED) is 0.555. The average Bonchev–Trinajstić information content (AvgIpc) is 2.65. The van der Waals surface area contributed by atoms with E-state index in [0.29, 0.717) is 18.6 Å². The first kappa shape index (κ1) is 21.0. The van der Waals surface area contributed by atoms with Crippen LogP contribution in [0.4, 0.5) is 8.78 Å². The van der Waals surface area contributed by atoms with E-state index in [1.807, 2.05) is 12.1 Å². The molecule has 0 saturated heterocycles. The minimum absolute atomic E-state index is 0.0570. The lowest BCUT2D eigenvalue weighted by atomic mass is 9.82. The smallest absolute Gasteiger partial charge is 0.270 e. The molecule has 148 valence electrons. The van der Waals surface area contributed by atoms with Gasteiger partial charge in [-0.3, -0.25) is 4.79 Å². The van der Waals surface area contributed by atoms with Gasteiger partial charge in [-0.25, -0.2) is 13.8 Å². The number of aliphatic imine (C=N–C) groups is 1. The Morgan fingerprint density at radius 1 is 1.41 bits per heavy atom. The van der Waals surface area contributed by atoms with Crippen molar-refractivity contribution in [1.82, 2.24) is 4.90 Å². The molecule has 0 heterocycles. The van der Waals surface area contributed by atoms with E-state index in [2.05, 4.69) is 11.7 Å². The molecule has 1 saturated carbocycles. The molecule has 0 aliphatic heterocycles. The van der Waals surface area contributed by atoms with E-state index in [9.17, 15) is 18.7 Å². The maximum Gasteiger partial charge on any atom is 0.270 e. The van der Waals surface area contributed by atoms with Gasteiger partial charge in [0.2, 0.25) is 5.92 Å². The Morgan fingerprint density at radius 3 is 2.63 bits per heavy atom. The first-order valence-electron chi connectivity index (χ1n) is 8.97. The molecule has 2 rings (SSSR count). The number of carbonyl (C=O) groups is 1. The highest BCUT2D eigenvalue weighted by molar-refractivity contribution is 5.90. The lowest BCUT2D eigenvalue weighted by Crippen LogP contribution is -2.30.